The second-order valence-corrected chi connectivity index (χ2v) is 6.43. The molecule has 1 saturated heterocycles. The van der Waals surface area contributed by atoms with Gasteiger partial charge in [0.25, 0.3) is 0 Å². The molecule has 5 heteroatoms. The molecule has 3 aliphatic rings. The molecule has 1 N–H and O–H groups in total. The third-order valence-corrected chi connectivity index (χ3v) is 4.62. The highest BCUT2D eigenvalue weighted by atomic mass is 35.5. The lowest BCUT2D eigenvalue weighted by molar-refractivity contribution is -0.133. The van der Waals surface area contributed by atoms with E-state index < -0.39 is 0 Å². The van der Waals surface area contributed by atoms with Gasteiger partial charge >= 0.3 is 0 Å². The Morgan fingerprint density at radius 1 is 1.18 bits per heavy atom. The maximum Gasteiger partial charge on any atom is 0.240 e. The van der Waals surface area contributed by atoms with Crippen LogP contribution in [0.2, 0.25) is 0 Å². The van der Waals surface area contributed by atoms with Crippen molar-refractivity contribution in [3.05, 3.63) is 0 Å². The van der Waals surface area contributed by atoms with Crippen LogP contribution in [0.4, 0.5) is 0 Å². The first-order valence-electron chi connectivity index (χ1n) is 6.43. The van der Waals surface area contributed by atoms with Gasteiger partial charge in [0, 0.05) is 24.7 Å². The van der Waals surface area contributed by atoms with Crippen molar-refractivity contribution in [2.75, 3.05) is 24.7 Å². The summed E-state index contributed by atoms with van der Waals surface area (Å²) < 4.78 is 0. The smallest absolute Gasteiger partial charge is 0.240 e. The van der Waals surface area contributed by atoms with Gasteiger partial charge in [-0.15, -0.1) is 24.2 Å². The summed E-state index contributed by atoms with van der Waals surface area (Å²) in [5.74, 6) is 3.90. The summed E-state index contributed by atoms with van der Waals surface area (Å²) in [5, 5.41) is 3.30. The zero-order valence-corrected chi connectivity index (χ0v) is 11.7. The zero-order valence-electron chi connectivity index (χ0n) is 10.1. The van der Waals surface area contributed by atoms with Gasteiger partial charge < -0.3 is 4.90 Å². The van der Waals surface area contributed by atoms with Crippen molar-refractivity contribution in [1.29, 1.82) is 0 Å². The van der Waals surface area contributed by atoms with Crippen LogP contribution in [0, 0.1) is 11.8 Å². The molecule has 2 saturated carbocycles. The molecule has 1 aliphatic heterocycles. The monoisotopic (exact) mass is 276 g/mol. The number of carbonyl (C=O) groups excluding carboxylic acids is 1. The Hall–Kier alpha value is 0.0700. The van der Waals surface area contributed by atoms with E-state index in [1.165, 1.54) is 25.7 Å². The van der Waals surface area contributed by atoms with Crippen LogP contribution in [0.1, 0.15) is 25.7 Å². The molecule has 3 nitrogen and oxygen atoms in total. The normalized spacial score (nSPS) is 27.6. The Morgan fingerprint density at radius 3 is 2.18 bits per heavy atom. The SMILES string of the molecule is Cl.O=C(C1CSCN1)N(CC1CC1)CC1CC1. The van der Waals surface area contributed by atoms with Crippen molar-refractivity contribution in [2.45, 2.75) is 31.7 Å². The summed E-state index contributed by atoms with van der Waals surface area (Å²) in [6.07, 6.45) is 5.34. The van der Waals surface area contributed by atoms with Crippen LogP contribution in [-0.4, -0.2) is 41.6 Å². The van der Waals surface area contributed by atoms with E-state index in [0.29, 0.717) is 5.91 Å². The summed E-state index contributed by atoms with van der Waals surface area (Å²) >= 11 is 1.84. The van der Waals surface area contributed by atoms with E-state index >= 15 is 0 Å². The van der Waals surface area contributed by atoms with Gasteiger partial charge in [-0.3, -0.25) is 10.1 Å². The molecule has 98 valence electrons. The fourth-order valence-corrected chi connectivity index (χ4v) is 3.19. The number of hydrogen-bond acceptors (Lipinski definition) is 3. The van der Waals surface area contributed by atoms with Crippen LogP contribution in [-0.2, 0) is 4.79 Å². The molecule has 0 aromatic carbocycles. The average molecular weight is 277 g/mol. The molecule has 0 aromatic rings. The largest absolute Gasteiger partial charge is 0.341 e. The zero-order chi connectivity index (χ0) is 11.0. The number of nitrogens with one attached hydrogen (secondary N) is 1. The first-order chi connectivity index (χ1) is 7.83. The third-order valence-electron chi connectivity index (χ3n) is 3.68. The van der Waals surface area contributed by atoms with Crippen molar-refractivity contribution < 1.29 is 4.79 Å². The van der Waals surface area contributed by atoms with Crippen LogP contribution in [0.3, 0.4) is 0 Å². The molecule has 1 amide bonds. The third kappa shape index (κ3) is 3.76. The quantitative estimate of drug-likeness (QED) is 0.830. The lowest BCUT2D eigenvalue weighted by Gasteiger charge is -2.25. The highest BCUT2D eigenvalue weighted by Crippen LogP contribution is 2.34. The van der Waals surface area contributed by atoms with Crippen LogP contribution < -0.4 is 5.32 Å². The Labute approximate surface area is 113 Å². The van der Waals surface area contributed by atoms with Crippen molar-refractivity contribution in [3.8, 4) is 0 Å². The van der Waals surface area contributed by atoms with Gasteiger partial charge in [-0.25, -0.2) is 0 Å². The van der Waals surface area contributed by atoms with Crippen molar-refractivity contribution >= 4 is 30.1 Å². The van der Waals surface area contributed by atoms with Gasteiger partial charge in [0.05, 0.1) is 6.04 Å². The van der Waals surface area contributed by atoms with Gasteiger partial charge in [-0.2, -0.15) is 0 Å². The number of amides is 1. The topological polar surface area (TPSA) is 32.3 Å². The van der Waals surface area contributed by atoms with E-state index in [2.05, 4.69) is 10.2 Å². The number of hydrogen-bond donors (Lipinski definition) is 1. The highest BCUT2D eigenvalue weighted by molar-refractivity contribution is 7.99. The number of halogens is 1. The Bertz CT molecular complexity index is 262. The predicted octanol–water partition coefficient (Wildman–Crippen LogP) is 1.72. The average Bonchev–Trinajstić information content (AvgIpc) is 3.20. The molecule has 1 atom stereocenters. The van der Waals surface area contributed by atoms with E-state index in [-0.39, 0.29) is 18.4 Å². The van der Waals surface area contributed by atoms with E-state index in [9.17, 15) is 4.79 Å². The number of rotatable bonds is 5. The second-order valence-electron chi connectivity index (χ2n) is 5.40. The molecule has 3 rings (SSSR count). The summed E-state index contributed by atoms with van der Waals surface area (Å²) in [7, 11) is 0. The summed E-state index contributed by atoms with van der Waals surface area (Å²) in [4.78, 5) is 14.5. The van der Waals surface area contributed by atoms with E-state index in [1.807, 2.05) is 11.8 Å². The molecule has 3 fully saturated rings. The molecule has 2 aliphatic carbocycles. The lowest BCUT2D eigenvalue weighted by Crippen LogP contribution is -2.46. The fraction of sp³-hybridized carbons (Fsp3) is 0.917. The van der Waals surface area contributed by atoms with E-state index in [0.717, 1.165) is 36.6 Å². The highest BCUT2D eigenvalue weighted by Gasteiger charge is 2.34. The van der Waals surface area contributed by atoms with Gasteiger partial charge in [0.1, 0.15) is 0 Å². The fourth-order valence-electron chi connectivity index (χ4n) is 2.25. The van der Waals surface area contributed by atoms with Crippen LogP contribution >= 0.6 is 24.2 Å². The minimum absolute atomic E-state index is 0. The Morgan fingerprint density at radius 2 is 1.76 bits per heavy atom. The maximum atomic E-state index is 12.3. The van der Waals surface area contributed by atoms with Gasteiger partial charge in [-0.1, -0.05) is 0 Å². The molecule has 1 unspecified atom stereocenters. The van der Waals surface area contributed by atoms with E-state index in [1.54, 1.807) is 0 Å². The van der Waals surface area contributed by atoms with Gasteiger partial charge in [0.2, 0.25) is 5.91 Å². The second kappa shape index (κ2) is 5.81. The first-order valence-corrected chi connectivity index (χ1v) is 7.58. The molecule has 17 heavy (non-hydrogen) atoms. The molecular weight excluding hydrogens is 256 g/mol. The first kappa shape index (κ1) is 13.5. The van der Waals surface area contributed by atoms with Gasteiger partial charge in [-0.05, 0) is 37.5 Å². The van der Waals surface area contributed by atoms with Crippen LogP contribution in [0.5, 0.6) is 0 Å². The predicted molar refractivity (Wildman–Crippen MR) is 73.5 cm³/mol. The molecule has 0 bridgehead atoms. The van der Waals surface area contributed by atoms with Crippen LogP contribution in [0.15, 0.2) is 0 Å². The molecule has 0 spiro atoms. The summed E-state index contributed by atoms with van der Waals surface area (Å²) in [6, 6.07) is 0.0995. The molecular formula is C12H21ClN2OS. The number of carbonyl (C=O) groups is 1. The molecule has 1 heterocycles. The lowest BCUT2D eigenvalue weighted by atomic mass is 10.2. The van der Waals surface area contributed by atoms with Crippen LogP contribution in [0.25, 0.3) is 0 Å². The van der Waals surface area contributed by atoms with Crippen molar-refractivity contribution in [3.63, 3.8) is 0 Å². The minimum atomic E-state index is 0. The Balaban J connectivity index is 0.00000108. The summed E-state index contributed by atoms with van der Waals surface area (Å²) in [6.45, 7) is 2.05. The number of thioether (sulfide) groups is 1. The molecule has 0 aromatic heterocycles. The minimum Gasteiger partial charge on any atom is -0.341 e. The van der Waals surface area contributed by atoms with Gasteiger partial charge in [0.15, 0.2) is 0 Å². The summed E-state index contributed by atoms with van der Waals surface area (Å²) in [5.41, 5.74) is 0. The van der Waals surface area contributed by atoms with E-state index in [4.69, 9.17) is 0 Å². The number of nitrogens with zero attached hydrogens (tertiary/aromatic N) is 1. The molecule has 0 radical (unpaired) electrons. The standard InChI is InChI=1S/C12H20N2OS.ClH/c15-12(11-7-16-8-13-11)14(5-9-1-2-9)6-10-3-4-10;/h9-11,13H,1-8H2;1H. The van der Waals surface area contributed by atoms with Crippen molar-refractivity contribution in [1.82, 2.24) is 10.2 Å². The Kier molecular flexibility index (Phi) is 4.61. The van der Waals surface area contributed by atoms with Crippen molar-refractivity contribution in [2.24, 2.45) is 11.8 Å². The maximum absolute atomic E-state index is 12.3.